The van der Waals surface area contributed by atoms with Gasteiger partial charge in [-0.2, -0.15) is 0 Å². The summed E-state index contributed by atoms with van der Waals surface area (Å²) >= 11 is 0. The summed E-state index contributed by atoms with van der Waals surface area (Å²) in [5.41, 5.74) is 1.59. The molecule has 1 fully saturated rings. The van der Waals surface area contributed by atoms with Crippen molar-refractivity contribution in [1.82, 2.24) is 15.0 Å². The summed E-state index contributed by atoms with van der Waals surface area (Å²) in [4.78, 5) is 28.1. The van der Waals surface area contributed by atoms with Crippen LogP contribution in [0.5, 0.6) is 0 Å². The van der Waals surface area contributed by atoms with E-state index >= 15 is 0 Å². The van der Waals surface area contributed by atoms with Gasteiger partial charge in [0.25, 0.3) is 0 Å². The first-order chi connectivity index (χ1) is 12.3. The number of aromatic nitrogens is 1. The first kappa shape index (κ1) is 18.1. The number of amides is 2. The van der Waals surface area contributed by atoms with Gasteiger partial charge in [0.1, 0.15) is 6.17 Å². The zero-order valence-corrected chi connectivity index (χ0v) is 15.5. The molecule has 1 aliphatic heterocycles. The normalized spacial score (nSPS) is 18.4. The quantitative estimate of drug-likeness (QED) is 0.910. The molecule has 7 nitrogen and oxygen atoms in total. The Kier molecular flexibility index (Phi) is 4.82. The van der Waals surface area contributed by atoms with Crippen molar-refractivity contribution in [2.45, 2.75) is 32.4 Å². The van der Waals surface area contributed by atoms with Crippen molar-refractivity contribution in [2.24, 2.45) is 0 Å². The van der Waals surface area contributed by atoms with Crippen LogP contribution in [0.4, 0.5) is 5.88 Å². The first-order valence-corrected chi connectivity index (χ1v) is 8.57. The minimum absolute atomic E-state index is 0.0127. The van der Waals surface area contributed by atoms with E-state index in [1.807, 2.05) is 56.0 Å². The van der Waals surface area contributed by atoms with E-state index in [-0.39, 0.29) is 36.5 Å². The van der Waals surface area contributed by atoms with Crippen LogP contribution in [0.1, 0.15) is 38.2 Å². The molecule has 1 aliphatic rings. The second-order valence-corrected chi connectivity index (χ2v) is 7.57. The fourth-order valence-electron chi connectivity index (χ4n) is 3.00. The topological polar surface area (TPSA) is 78.7 Å². The first-order valence-electron chi connectivity index (χ1n) is 8.57. The Balaban J connectivity index is 1.69. The fourth-order valence-corrected chi connectivity index (χ4v) is 3.00. The van der Waals surface area contributed by atoms with Crippen LogP contribution in [0.3, 0.4) is 0 Å². The third kappa shape index (κ3) is 3.77. The highest BCUT2D eigenvalue weighted by atomic mass is 16.5. The Hall–Kier alpha value is -2.67. The highest BCUT2D eigenvalue weighted by Gasteiger charge is 2.37. The average molecular weight is 356 g/mol. The molecule has 0 radical (unpaired) electrons. The number of hydrogen-bond donors (Lipinski definition) is 1. The van der Waals surface area contributed by atoms with Gasteiger partial charge in [-0.25, -0.2) is 0 Å². The van der Waals surface area contributed by atoms with Crippen molar-refractivity contribution in [1.29, 1.82) is 0 Å². The lowest BCUT2D eigenvalue weighted by molar-refractivity contribution is -0.126. The standard InChI is InChI=1S/C19H24N4O3/c1-19(2,3)14-10-16(26-21-14)20-15(24)11-23-12-17(25)22(4)18(23)13-8-6-5-7-9-13/h5-10,18H,11-12H2,1-4H3,(H,20,24)/t18-/m0/s1. The maximum absolute atomic E-state index is 12.4. The molecule has 0 aliphatic carbocycles. The van der Waals surface area contributed by atoms with Crippen molar-refractivity contribution >= 4 is 17.7 Å². The van der Waals surface area contributed by atoms with Crippen molar-refractivity contribution in [3.63, 3.8) is 0 Å². The number of likely N-dealkylation sites (N-methyl/N-ethyl adjacent to an activating group) is 1. The molecule has 7 heteroatoms. The zero-order chi connectivity index (χ0) is 18.9. The lowest BCUT2D eigenvalue weighted by Crippen LogP contribution is -2.35. The van der Waals surface area contributed by atoms with E-state index in [9.17, 15) is 9.59 Å². The summed E-state index contributed by atoms with van der Waals surface area (Å²) in [6.07, 6.45) is -0.255. The van der Waals surface area contributed by atoms with Crippen LogP contribution >= 0.6 is 0 Å². The molecular formula is C19H24N4O3. The number of carbonyl (C=O) groups excluding carboxylic acids is 2. The van der Waals surface area contributed by atoms with Gasteiger partial charge in [0.15, 0.2) is 0 Å². The molecule has 0 spiro atoms. The summed E-state index contributed by atoms with van der Waals surface area (Å²) in [5, 5.41) is 6.72. The third-order valence-corrected chi connectivity index (χ3v) is 4.43. The second-order valence-electron chi connectivity index (χ2n) is 7.57. The Morgan fingerprint density at radius 2 is 2.00 bits per heavy atom. The summed E-state index contributed by atoms with van der Waals surface area (Å²) in [7, 11) is 1.75. The van der Waals surface area contributed by atoms with E-state index in [1.165, 1.54) is 0 Å². The Labute approximate surface area is 152 Å². The number of carbonyl (C=O) groups is 2. The lowest BCUT2D eigenvalue weighted by Gasteiger charge is -2.27. The number of rotatable bonds is 4. The van der Waals surface area contributed by atoms with Gasteiger partial charge in [-0.05, 0) is 5.56 Å². The van der Waals surface area contributed by atoms with Crippen molar-refractivity contribution < 1.29 is 14.1 Å². The molecule has 0 saturated carbocycles. The van der Waals surface area contributed by atoms with Gasteiger partial charge in [0.05, 0.1) is 18.8 Å². The number of anilines is 1. The fraction of sp³-hybridized carbons (Fsp3) is 0.421. The number of benzene rings is 1. The van der Waals surface area contributed by atoms with Crippen LogP contribution in [-0.4, -0.2) is 46.9 Å². The SMILES string of the molecule is CN1C(=O)CN(CC(=O)Nc2cc(C(C)(C)C)no2)[C@H]1c1ccccc1. The maximum Gasteiger partial charge on any atom is 0.241 e. The van der Waals surface area contributed by atoms with E-state index in [4.69, 9.17) is 4.52 Å². The molecule has 2 aromatic rings. The molecule has 1 N–H and O–H groups in total. The van der Waals surface area contributed by atoms with Crippen LogP contribution in [0.15, 0.2) is 40.9 Å². The van der Waals surface area contributed by atoms with Crippen LogP contribution in [0.2, 0.25) is 0 Å². The monoisotopic (exact) mass is 356 g/mol. The largest absolute Gasteiger partial charge is 0.338 e. The van der Waals surface area contributed by atoms with Gasteiger partial charge >= 0.3 is 0 Å². The van der Waals surface area contributed by atoms with E-state index in [2.05, 4.69) is 10.5 Å². The number of nitrogens with one attached hydrogen (secondary N) is 1. The molecule has 1 atom stereocenters. The highest BCUT2D eigenvalue weighted by molar-refractivity contribution is 5.92. The highest BCUT2D eigenvalue weighted by Crippen LogP contribution is 2.29. The minimum Gasteiger partial charge on any atom is -0.338 e. The molecule has 2 amide bonds. The van der Waals surface area contributed by atoms with Crippen LogP contribution < -0.4 is 5.32 Å². The number of nitrogens with zero attached hydrogens (tertiary/aromatic N) is 3. The van der Waals surface area contributed by atoms with Gasteiger partial charge in [-0.1, -0.05) is 56.3 Å². The van der Waals surface area contributed by atoms with E-state index in [0.29, 0.717) is 5.88 Å². The van der Waals surface area contributed by atoms with Gasteiger partial charge in [-0.3, -0.25) is 19.8 Å². The van der Waals surface area contributed by atoms with Gasteiger partial charge in [0.2, 0.25) is 17.7 Å². The summed E-state index contributed by atoms with van der Waals surface area (Å²) in [6.45, 7) is 6.35. The minimum atomic E-state index is -0.255. The van der Waals surface area contributed by atoms with Crippen molar-refractivity contribution in [3.8, 4) is 0 Å². The molecule has 0 bridgehead atoms. The van der Waals surface area contributed by atoms with Crippen molar-refractivity contribution in [3.05, 3.63) is 47.7 Å². The van der Waals surface area contributed by atoms with Gasteiger partial charge < -0.3 is 9.42 Å². The van der Waals surface area contributed by atoms with E-state index < -0.39 is 0 Å². The molecule has 2 heterocycles. The van der Waals surface area contributed by atoms with Gasteiger partial charge in [0, 0.05) is 18.5 Å². The van der Waals surface area contributed by atoms with E-state index in [0.717, 1.165) is 11.3 Å². The summed E-state index contributed by atoms with van der Waals surface area (Å²) in [6, 6.07) is 11.4. The second kappa shape index (κ2) is 6.92. The van der Waals surface area contributed by atoms with Gasteiger partial charge in [-0.15, -0.1) is 0 Å². The Bertz CT molecular complexity index is 795. The molecule has 1 aromatic carbocycles. The average Bonchev–Trinajstić information content (AvgIpc) is 3.14. The molecule has 3 rings (SSSR count). The van der Waals surface area contributed by atoms with Crippen LogP contribution in [-0.2, 0) is 15.0 Å². The molecular weight excluding hydrogens is 332 g/mol. The zero-order valence-electron chi connectivity index (χ0n) is 15.5. The molecule has 1 aromatic heterocycles. The predicted octanol–water partition coefficient (Wildman–Crippen LogP) is 2.38. The smallest absolute Gasteiger partial charge is 0.241 e. The van der Waals surface area contributed by atoms with Crippen molar-refractivity contribution in [2.75, 3.05) is 25.5 Å². The summed E-state index contributed by atoms with van der Waals surface area (Å²) in [5.74, 6) is 0.0574. The molecule has 1 saturated heterocycles. The molecule has 0 unspecified atom stereocenters. The molecule has 138 valence electrons. The number of hydrogen-bond acceptors (Lipinski definition) is 5. The van der Waals surface area contributed by atoms with E-state index in [1.54, 1.807) is 18.0 Å². The van der Waals surface area contributed by atoms with Crippen LogP contribution in [0, 0.1) is 0 Å². The Morgan fingerprint density at radius 1 is 1.31 bits per heavy atom. The third-order valence-electron chi connectivity index (χ3n) is 4.43. The predicted molar refractivity (Wildman–Crippen MR) is 97.4 cm³/mol. The van der Waals surface area contributed by atoms with Crippen LogP contribution in [0.25, 0.3) is 0 Å². The molecule has 26 heavy (non-hydrogen) atoms. The Morgan fingerprint density at radius 3 is 2.62 bits per heavy atom. The summed E-state index contributed by atoms with van der Waals surface area (Å²) < 4.78 is 5.20. The maximum atomic E-state index is 12.4. The lowest BCUT2D eigenvalue weighted by atomic mass is 9.92.